The topological polar surface area (TPSA) is 126 Å². The number of pyridine rings is 1. The first-order valence-corrected chi connectivity index (χ1v) is 14.3. The number of hydrogen-bond acceptors (Lipinski definition) is 9. The molecule has 2 aromatic carbocycles. The lowest BCUT2D eigenvalue weighted by molar-refractivity contribution is 0.102. The maximum atomic E-state index is 13.1. The molecule has 0 aliphatic carbocycles. The standard InChI is InChI=1S/C33H32N6O4/c1-21-5-10-27(18-29(21)38-32-35-15-11-28(37-32)26-4-3-14-34-19-26)36-31(40)25-8-6-23(7-9-25)24-12-16-39(17-13-24)20-30-22(2)42-33(41)43-30/h3-11,14-15,18-19,24H,12-13,16-17,20H2,1-2H3,(H,36,40)(H,35,37,38). The Labute approximate surface area is 248 Å². The fourth-order valence-corrected chi connectivity index (χ4v) is 5.31. The van der Waals surface area contributed by atoms with Gasteiger partial charge in [0.25, 0.3) is 5.91 Å². The first-order valence-electron chi connectivity index (χ1n) is 14.3. The smallest absolute Gasteiger partial charge is 0.396 e. The maximum Gasteiger partial charge on any atom is 0.519 e. The zero-order valence-corrected chi connectivity index (χ0v) is 24.0. The first kappa shape index (κ1) is 28.0. The van der Waals surface area contributed by atoms with E-state index in [0.29, 0.717) is 41.2 Å². The molecule has 10 heteroatoms. The van der Waals surface area contributed by atoms with Gasteiger partial charge in [-0.3, -0.25) is 14.7 Å². The number of benzene rings is 2. The van der Waals surface area contributed by atoms with Crippen LogP contribution in [0.5, 0.6) is 0 Å². The van der Waals surface area contributed by atoms with E-state index < -0.39 is 5.82 Å². The third kappa shape index (κ3) is 6.70. The summed E-state index contributed by atoms with van der Waals surface area (Å²) in [7, 11) is 0. The van der Waals surface area contributed by atoms with Crippen LogP contribution >= 0.6 is 0 Å². The van der Waals surface area contributed by atoms with Gasteiger partial charge in [0.2, 0.25) is 5.95 Å². The Morgan fingerprint density at radius 1 is 1.00 bits per heavy atom. The van der Waals surface area contributed by atoms with Gasteiger partial charge in [0.15, 0.2) is 5.76 Å². The second kappa shape index (κ2) is 12.4. The number of aromatic nitrogens is 3. The van der Waals surface area contributed by atoms with Gasteiger partial charge in [-0.1, -0.05) is 18.2 Å². The lowest BCUT2D eigenvalue weighted by Crippen LogP contribution is -2.32. The summed E-state index contributed by atoms with van der Waals surface area (Å²) >= 11 is 0. The van der Waals surface area contributed by atoms with Crippen LogP contribution in [0.15, 0.2) is 92.9 Å². The highest BCUT2D eigenvalue weighted by Crippen LogP contribution is 2.30. The first-order chi connectivity index (χ1) is 20.9. The number of likely N-dealkylation sites (tertiary alicyclic amines) is 1. The molecule has 0 atom stereocenters. The van der Waals surface area contributed by atoms with E-state index in [2.05, 4.69) is 30.5 Å². The molecule has 43 heavy (non-hydrogen) atoms. The quantitative estimate of drug-likeness (QED) is 0.226. The molecule has 1 fully saturated rings. The molecule has 0 spiro atoms. The Morgan fingerprint density at radius 2 is 1.81 bits per heavy atom. The molecule has 2 N–H and O–H groups in total. The Bertz CT molecular complexity index is 1770. The monoisotopic (exact) mass is 576 g/mol. The minimum absolute atomic E-state index is 0.178. The molecule has 1 aliphatic rings. The lowest BCUT2D eigenvalue weighted by Gasteiger charge is -2.31. The van der Waals surface area contributed by atoms with E-state index in [0.717, 1.165) is 48.4 Å². The normalized spacial score (nSPS) is 14.0. The van der Waals surface area contributed by atoms with Crippen molar-refractivity contribution in [2.24, 2.45) is 0 Å². The van der Waals surface area contributed by atoms with E-state index in [-0.39, 0.29) is 5.91 Å². The molecule has 5 aromatic rings. The number of piperidine rings is 1. The molecule has 0 unspecified atom stereocenters. The number of nitrogens with zero attached hydrogens (tertiary/aromatic N) is 4. The third-order valence-corrected chi connectivity index (χ3v) is 7.79. The second-order valence-electron chi connectivity index (χ2n) is 10.7. The highest BCUT2D eigenvalue weighted by atomic mass is 16.6. The predicted molar refractivity (Wildman–Crippen MR) is 163 cm³/mol. The van der Waals surface area contributed by atoms with E-state index in [1.807, 2.05) is 67.6 Å². The average Bonchev–Trinajstić information content (AvgIpc) is 3.35. The Kier molecular flexibility index (Phi) is 8.10. The number of rotatable bonds is 8. The Hall–Kier alpha value is -5.09. The highest BCUT2D eigenvalue weighted by Gasteiger charge is 2.23. The van der Waals surface area contributed by atoms with Crippen molar-refractivity contribution in [1.82, 2.24) is 19.9 Å². The number of carbonyl (C=O) groups excluding carboxylic acids is 1. The summed E-state index contributed by atoms with van der Waals surface area (Å²) < 4.78 is 10.1. The van der Waals surface area contributed by atoms with Crippen LogP contribution in [0.1, 0.15) is 51.8 Å². The lowest BCUT2D eigenvalue weighted by atomic mass is 9.89. The van der Waals surface area contributed by atoms with Crippen LogP contribution in [-0.2, 0) is 6.54 Å². The Balaban J connectivity index is 1.06. The van der Waals surface area contributed by atoms with Crippen LogP contribution in [0.25, 0.3) is 11.3 Å². The molecule has 3 aromatic heterocycles. The van der Waals surface area contributed by atoms with Crippen molar-refractivity contribution in [2.45, 2.75) is 39.2 Å². The van der Waals surface area contributed by atoms with Crippen LogP contribution < -0.4 is 16.5 Å². The van der Waals surface area contributed by atoms with Gasteiger partial charge < -0.3 is 19.5 Å². The van der Waals surface area contributed by atoms with Crippen LogP contribution in [0.2, 0.25) is 0 Å². The molecule has 10 nitrogen and oxygen atoms in total. The van der Waals surface area contributed by atoms with Crippen molar-refractivity contribution in [3.8, 4) is 11.3 Å². The molecular weight excluding hydrogens is 544 g/mol. The largest absolute Gasteiger partial charge is 0.519 e. The van der Waals surface area contributed by atoms with Gasteiger partial charge in [-0.05, 0) is 99.3 Å². The van der Waals surface area contributed by atoms with Crippen LogP contribution in [0, 0.1) is 13.8 Å². The number of aryl methyl sites for hydroxylation is 2. The van der Waals surface area contributed by atoms with Crippen molar-refractivity contribution in [2.75, 3.05) is 23.7 Å². The summed E-state index contributed by atoms with van der Waals surface area (Å²) in [6, 6.07) is 19.2. The maximum absolute atomic E-state index is 13.1. The second-order valence-corrected chi connectivity index (χ2v) is 10.7. The van der Waals surface area contributed by atoms with Crippen molar-refractivity contribution in [1.29, 1.82) is 0 Å². The number of hydrogen-bond donors (Lipinski definition) is 2. The van der Waals surface area contributed by atoms with E-state index >= 15 is 0 Å². The number of anilines is 3. The fourth-order valence-electron chi connectivity index (χ4n) is 5.31. The van der Waals surface area contributed by atoms with Gasteiger partial charge in [-0.15, -0.1) is 0 Å². The molecule has 218 valence electrons. The van der Waals surface area contributed by atoms with Crippen molar-refractivity contribution < 1.29 is 13.6 Å². The fraction of sp³-hybridized carbons (Fsp3) is 0.242. The summed E-state index contributed by atoms with van der Waals surface area (Å²) in [5.74, 6) is 1.18. The minimum atomic E-state index is -0.650. The SMILES string of the molecule is Cc1ccc(NC(=O)c2ccc(C3CCN(Cc4oc(=O)oc4C)CC3)cc2)cc1Nc1nccc(-c2cccnc2)n1. The van der Waals surface area contributed by atoms with E-state index in [4.69, 9.17) is 8.83 Å². The average molecular weight is 577 g/mol. The summed E-state index contributed by atoms with van der Waals surface area (Å²) in [5.41, 5.74) is 5.94. The van der Waals surface area contributed by atoms with E-state index in [1.165, 1.54) is 5.56 Å². The minimum Gasteiger partial charge on any atom is -0.396 e. The number of nitrogens with one attached hydrogen (secondary N) is 2. The molecule has 4 heterocycles. The number of amides is 1. The van der Waals surface area contributed by atoms with Crippen molar-refractivity contribution in [3.05, 3.63) is 118 Å². The third-order valence-electron chi connectivity index (χ3n) is 7.79. The molecule has 0 radical (unpaired) electrons. The summed E-state index contributed by atoms with van der Waals surface area (Å²) in [4.78, 5) is 39.8. The molecule has 6 rings (SSSR count). The van der Waals surface area contributed by atoms with Crippen molar-refractivity contribution in [3.63, 3.8) is 0 Å². The van der Waals surface area contributed by atoms with Gasteiger partial charge in [0.05, 0.1) is 12.2 Å². The van der Waals surface area contributed by atoms with E-state index in [9.17, 15) is 9.59 Å². The zero-order valence-electron chi connectivity index (χ0n) is 24.0. The van der Waals surface area contributed by atoms with E-state index in [1.54, 1.807) is 25.5 Å². The molecule has 1 amide bonds. The van der Waals surface area contributed by atoms with Gasteiger partial charge in [0, 0.05) is 41.1 Å². The highest BCUT2D eigenvalue weighted by molar-refractivity contribution is 6.04. The molecule has 0 saturated carbocycles. The van der Waals surface area contributed by atoms with Gasteiger partial charge >= 0.3 is 5.82 Å². The van der Waals surface area contributed by atoms with Crippen LogP contribution in [-0.4, -0.2) is 38.8 Å². The van der Waals surface area contributed by atoms with Gasteiger partial charge in [-0.2, -0.15) is 0 Å². The molecule has 1 aliphatic heterocycles. The van der Waals surface area contributed by atoms with Crippen LogP contribution in [0.3, 0.4) is 0 Å². The van der Waals surface area contributed by atoms with Gasteiger partial charge in [0.1, 0.15) is 5.76 Å². The van der Waals surface area contributed by atoms with Crippen LogP contribution in [0.4, 0.5) is 17.3 Å². The number of carbonyl (C=O) groups is 1. The molecular formula is C33H32N6O4. The predicted octanol–water partition coefficient (Wildman–Crippen LogP) is 6.08. The summed E-state index contributed by atoms with van der Waals surface area (Å²) in [6.45, 7) is 6.09. The van der Waals surface area contributed by atoms with Crippen molar-refractivity contribution >= 4 is 23.2 Å². The molecule has 1 saturated heterocycles. The zero-order chi connectivity index (χ0) is 29.8. The summed E-state index contributed by atoms with van der Waals surface area (Å²) in [5, 5.41) is 6.29. The summed E-state index contributed by atoms with van der Waals surface area (Å²) in [6.07, 6.45) is 7.16. The molecule has 0 bridgehead atoms. The van der Waals surface area contributed by atoms with Gasteiger partial charge in [-0.25, -0.2) is 14.8 Å². The Morgan fingerprint density at radius 3 is 2.53 bits per heavy atom.